The Morgan fingerprint density at radius 1 is 1.33 bits per heavy atom. The minimum Gasteiger partial charge on any atom is -0.491 e. The summed E-state index contributed by atoms with van der Waals surface area (Å²) in [5, 5.41) is 4.00. The molecule has 0 fully saturated rings. The number of ether oxygens (including phenoxy) is 1. The second-order valence-corrected chi connectivity index (χ2v) is 6.79. The first-order chi connectivity index (χ1) is 11.5. The molecule has 1 amide bonds. The molecular formula is C16H13Cl2N3O2S. The minimum absolute atomic E-state index is 0.285. The van der Waals surface area contributed by atoms with Crippen molar-refractivity contribution < 1.29 is 9.53 Å². The lowest BCUT2D eigenvalue weighted by molar-refractivity contribution is 0.102. The first kappa shape index (κ1) is 16.8. The normalized spacial score (nSPS) is 10.8. The van der Waals surface area contributed by atoms with Gasteiger partial charge < -0.3 is 15.8 Å². The van der Waals surface area contributed by atoms with Crippen LogP contribution in [0, 0.1) is 0 Å². The molecule has 24 heavy (non-hydrogen) atoms. The van der Waals surface area contributed by atoms with E-state index in [0.717, 1.165) is 4.70 Å². The van der Waals surface area contributed by atoms with Crippen LogP contribution in [0.4, 0.5) is 10.8 Å². The molecule has 0 aliphatic carbocycles. The Balaban J connectivity index is 1.95. The number of rotatable bonds is 4. The van der Waals surface area contributed by atoms with Gasteiger partial charge >= 0.3 is 0 Å². The van der Waals surface area contributed by atoms with Gasteiger partial charge in [-0.2, -0.15) is 0 Å². The van der Waals surface area contributed by atoms with Gasteiger partial charge in [0.15, 0.2) is 5.13 Å². The van der Waals surface area contributed by atoms with Gasteiger partial charge in [0.1, 0.15) is 11.3 Å². The summed E-state index contributed by atoms with van der Waals surface area (Å²) in [4.78, 5) is 16.7. The smallest absolute Gasteiger partial charge is 0.257 e. The predicted octanol–water partition coefficient (Wildman–Crippen LogP) is 4.84. The molecule has 3 aromatic rings. The van der Waals surface area contributed by atoms with Gasteiger partial charge in [-0.3, -0.25) is 4.79 Å². The Morgan fingerprint density at radius 3 is 2.83 bits per heavy atom. The lowest BCUT2D eigenvalue weighted by Gasteiger charge is -2.10. The van der Waals surface area contributed by atoms with Gasteiger partial charge in [0.05, 0.1) is 21.9 Å². The number of anilines is 2. The van der Waals surface area contributed by atoms with Crippen LogP contribution in [0.25, 0.3) is 10.2 Å². The fraction of sp³-hybridized carbons (Fsp3) is 0.125. The van der Waals surface area contributed by atoms with Crippen LogP contribution in [0.2, 0.25) is 10.0 Å². The Hall–Kier alpha value is -2.02. The molecule has 0 aliphatic heterocycles. The van der Waals surface area contributed by atoms with Crippen molar-refractivity contribution >= 4 is 61.5 Å². The number of aromatic nitrogens is 1. The molecule has 124 valence electrons. The molecule has 0 saturated carbocycles. The second-order valence-electron chi connectivity index (χ2n) is 4.88. The molecule has 0 aliphatic rings. The Labute approximate surface area is 152 Å². The third-order valence-electron chi connectivity index (χ3n) is 3.21. The van der Waals surface area contributed by atoms with Crippen LogP contribution in [-0.4, -0.2) is 17.5 Å². The molecule has 0 unspecified atom stereocenters. The van der Waals surface area contributed by atoms with E-state index in [9.17, 15) is 4.79 Å². The molecule has 0 atom stereocenters. The zero-order valence-electron chi connectivity index (χ0n) is 12.6. The number of halogens is 2. The third-order valence-corrected chi connectivity index (χ3v) is 4.59. The van der Waals surface area contributed by atoms with E-state index in [1.54, 1.807) is 24.3 Å². The number of thiazole rings is 1. The van der Waals surface area contributed by atoms with Crippen molar-refractivity contribution in [1.29, 1.82) is 0 Å². The maximum atomic E-state index is 12.4. The molecule has 8 heteroatoms. The summed E-state index contributed by atoms with van der Waals surface area (Å²) in [6.45, 7) is 2.35. The van der Waals surface area contributed by atoms with Gasteiger partial charge in [0.2, 0.25) is 0 Å². The highest BCUT2D eigenvalue weighted by molar-refractivity contribution is 7.22. The lowest BCUT2D eigenvalue weighted by atomic mass is 10.2. The van der Waals surface area contributed by atoms with E-state index < -0.39 is 0 Å². The standard InChI is InChI=1S/C16H13Cl2N3O2S/c1-2-23-12-6-9(7-13-14(12)21-16(19)24-13)20-15(22)10-4-3-8(17)5-11(10)18/h3-7H,2H2,1H3,(H2,19,21)(H,20,22). The number of nitrogens with one attached hydrogen (secondary N) is 1. The zero-order valence-corrected chi connectivity index (χ0v) is 14.9. The topological polar surface area (TPSA) is 77.2 Å². The lowest BCUT2D eigenvalue weighted by Crippen LogP contribution is -2.12. The van der Waals surface area contributed by atoms with E-state index in [0.29, 0.717) is 39.3 Å². The number of amides is 1. The number of nitrogens with two attached hydrogens (primary N) is 1. The number of hydrogen-bond donors (Lipinski definition) is 2. The number of fused-ring (bicyclic) bond motifs is 1. The van der Waals surface area contributed by atoms with Gasteiger partial charge in [-0.1, -0.05) is 34.5 Å². The molecular weight excluding hydrogens is 369 g/mol. The second kappa shape index (κ2) is 6.84. The van der Waals surface area contributed by atoms with Crippen molar-refractivity contribution in [1.82, 2.24) is 4.98 Å². The number of carbonyl (C=O) groups is 1. The van der Waals surface area contributed by atoms with Gasteiger partial charge in [0.25, 0.3) is 5.91 Å². The number of hydrogen-bond acceptors (Lipinski definition) is 5. The molecule has 0 bridgehead atoms. The summed E-state index contributed by atoms with van der Waals surface area (Å²) < 4.78 is 6.42. The number of nitrogens with zero attached hydrogens (tertiary/aromatic N) is 1. The highest BCUT2D eigenvalue weighted by Crippen LogP contribution is 2.35. The molecule has 1 heterocycles. The Morgan fingerprint density at radius 2 is 2.12 bits per heavy atom. The van der Waals surface area contributed by atoms with E-state index >= 15 is 0 Å². The average Bonchev–Trinajstić information content (AvgIpc) is 2.88. The van der Waals surface area contributed by atoms with E-state index in [1.165, 1.54) is 17.4 Å². The molecule has 0 saturated heterocycles. The van der Waals surface area contributed by atoms with E-state index in [4.69, 9.17) is 33.7 Å². The van der Waals surface area contributed by atoms with Crippen LogP contribution in [0.15, 0.2) is 30.3 Å². The molecule has 5 nitrogen and oxygen atoms in total. The van der Waals surface area contributed by atoms with Crippen molar-refractivity contribution in [3.63, 3.8) is 0 Å². The highest BCUT2D eigenvalue weighted by Gasteiger charge is 2.14. The molecule has 2 aromatic carbocycles. The summed E-state index contributed by atoms with van der Waals surface area (Å²) >= 11 is 13.3. The molecule has 1 aromatic heterocycles. The van der Waals surface area contributed by atoms with Crippen molar-refractivity contribution in [3.8, 4) is 5.75 Å². The van der Waals surface area contributed by atoms with Gasteiger partial charge in [-0.25, -0.2) is 4.98 Å². The summed E-state index contributed by atoms with van der Waals surface area (Å²) in [6.07, 6.45) is 0. The third kappa shape index (κ3) is 3.40. The fourth-order valence-corrected chi connectivity index (χ4v) is 3.51. The van der Waals surface area contributed by atoms with Crippen molar-refractivity contribution in [2.75, 3.05) is 17.7 Å². The zero-order chi connectivity index (χ0) is 17.3. The highest BCUT2D eigenvalue weighted by atomic mass is 35.5. The average molecular weight is 382 g/mol. The fourth-order valence-electron chi connectivity index (χ4n) is 2.23. The van der Waals surface area contributed by atoms with Gasteiger partial charge in [-0.05, 0) is 31.2 Å². The summed E-state index contributed by atoms with van der Waals surface area (Å²) in [5.41, 5.74) is 7.36. The number of carbonyl (C=O) groups excluding carboxylic acids is 1. The van der Waals surface area contributed by atoms with Crippen LogP contribution in [0.3, 0.4) is 0 Å². The number of benzene rings is 2. The van der Waals surface area contributed by atoms with Crippen molar-refractivity contribution in [3.05, 3.63) is 45.9 Å². The predicted molar refractivity (Wildman–Crippen MR) is 99.6 cm³/mol. The summed E-state index contributed by atoms with van der Waals surface area (Å²) in [7, 11) is 0. The quantitative estimate of drug-likeness (QED) is 0.677. The molecule has 0 spiro atoms. The first-order valence-corrected chi connectivity index (χ1v) is 8.64. The van der Waals surface area contributed by atoms with Crippen LogP contribution in [-0.2, 0) is 0 Å². The SMILES string of the molecule is CCOc1cc(NC(=O)c2ccc(Cl)cc2Cl)cc2sc(N)nc12. The van der Waals surface area contributed by atoms with Crippen LogP contribution < -0.4 is 15.8 Å². The summed E-state index contributed by atoms with van der Waals surface area (Å²) in [5.74, 6) is 0.233. The van der Waals surface area contributed by atoms with Crippen molar-refractivity contribution in [2.45, 2.75) is 6.92 Å². The first-order valence-electron chi connectivity index (χ1n) is 7.07. The Kier molecular flexibility index (Phi) is 4.80. The maximum Gasteiger partial charge on any atom is 0.257 e. The van der Waals surface area contributed by atoms with E-state index in [2.05, 4.69) is 10.3 Å². The molecule has 3 N–H and O–H groups in total. The monoisotopic (exact) mass is 381 g/mol. The van der Waals surface area contributed by atoms with E-state index in [1.807, 2.05) is 6.92 Å². The van der Waals surface area contributed by atoms with Gasteiger partial charge in [0, 0.05) is 16.8 Å². The molecule has 0 radical (unpaired) electrons. The van der Waals surface area contributed by atoms with Crippen LogP contribution in [0.5, 0.6) is 5.75 Å². The van der Waals surface area contributed by atoms with Gasteiger partial charge in [-0.15, -0.1) is 0 Å². The summed E-state index contributed by atoms with van der Waals surface area (Å²) in [6, 6.07) is 8.23. The Bertz CT molecular complexity index is 927. The minimum atomic E-state index is -0.337. The number of nitrogen functional groups attached to an aromatic ring is 1. The maximum absolute atomic E-state index is 12.4. The van der Waals surface area contributed by atoms with Crippen LogP contribution in [0.1, 0.15) is 17.3 Å². The molecule has 3 rings (SSSR count). The van der Waals surface area contributed by atoms with Crippen LogP contribution >= 0.6 is 34.5 Å². The van der Waals surface area contributed by atoms with E-state index in [-0.39, 0.29) is 10.9 Å². The van der Waals surface area contributed by atoms with Crippen molar-refractivity contribution in [2.24, 2.45) is 0 Å². The largest absolute Gasteiger partial charge is 0.491 e.